The van der Waals surface area contributed by atoms with Crippen molar-refractivity contribution in [1.82, 2.24) is 5.32 Å². The second kappa shape index (κ2) is 8.59. The molecule has 0 radical (unpaired) electrons. The minimum Gasteiger partial charge on any atom is -0.496 e. The third-order valence-electron chi connectivity index (χ3n) is 4.01. The van der Waals surface area contributed by atoms with E-state index in [4.69, 9.17) is 9.47 Å². The quantitative estimate of drug-likeness (QED) is 0.803. The zero-order valence-corrected chi connectivity index (χ0v) is 14.5. The minimum atomic E-state index is 0.371. The van der Waals surface area contributed by atoms with Crippen molar-refractivity contribution in [3.05, 3.63) is 59.7 Å². The molecule has 23 heavy (non-hydrogen) atoms. The SMILES string of the molecule is COc1ccccc1C[C@@H](C)N[C@@H](C)Cc1ccccc1OC. The molecule has 0 aliphatic rings. The fraction of sp³-hybridized carbons (Fsp3) is 0.400. The molecule has 0 aromatic heterocycles. The van der Waals surface area contributed by atoms with Gasteiger partial charge in [-0.05, 0) is 49.9 Å². The van der Waals surface area contributed by atoms with E-state index in [1.807, 2.05) is 24.3 Å². The maximum Gasteiger partial charge on any atom is 0.122 e. The molecule has 0 amide bonds. The molecule has 3 nitrogen and oxygen atoms in total. The number of benzene rings is 2. The van der Waals surface area contributed by atoms with Crippen LogP contribution in [0, 0.1) is 0 Å². The van der Waals surface area contributed by atoms with E-state index in [1.54, 1.807) is 14.2 Å². The summed E-state index contributed by atoms with van der Waals surface area (Å²) in [6.07, 6.45) is 1.89. The van der Waals surface area contributed by atoms with E-state index in [-0.39, 0.29) is 0 Å². The topological polar surface area (TPSA) is 30.5 Å². The third kappa shape index (κ3) is 5.00. The summed E-state index contributed by atoms with van der Waals surface area (Å²) in [5.74, 6) is 1.91. The van der Waals surface area contributed by atoms with Gasteiger partial charge in [-0.3, -0.25) is 0 Å². The Kier molecular flexibility index (Phi) is 6.48. The first-order valence-electron chi connectivity index (χ1n) is 8.14. The second-order valence-corrected chi connectivity index (χ2v) is 6.00. The summed E-state index contributed by atoms with van der Waals surface area (Å²) in [6.45, 7) is 4.43. The van der Waals surface area contributed by atoms with Crippen molar-refractivity contribution in [3.63, 3.8) is 0 Å². The highest BCUT2D eigenvalue weighted by atomic mass is 16.5. The fourth-order valence-corrected chi connectivity index (χ4v) is 3.01. The van der Waals surface area contributed by atoms with Crippen LogP contribution < -0.4 is 14.8 Å². The van der Waals surface area contributed by atoms with E-state index in [2.05, 4.69) is 43.4 Å². The van der Waals surface area contributed by atoms with E-state index >= 15 is 0 Å². The molecule has 0 unspecified atom stereocenters. The molecule has 2 aromatic carbocycles. The van der Waals surface area contributed by atoms with Crippen molar-refractivity contribution in [3.8, 4) is 11.5 Å². The van der Waals surface area contributed by atoms with E-state index < -0.39 is 0 Å². The Balaban J connectivity index is 1.93. The highest BCUT2D eigenvalue weighted by Crippen LogP contribution is 2.21. The lowest BCUT2D eigenvalue weighted by molar-refractivity contribution is 0.396. The molecule has 0 spiro atoms. The zero-order valence-electron chi connectivity index (χ0n) is 14.5. The molecule has 2 rings (SSSR count). The van der Waals surface area contributed by atoms with Crippen LogP contribution in [0.2, 0.25) is 0 Å². The largest absolute Gasteiger partial charge is 0.496 e. The zero-order chi connectivity index (χ0) is 16.7. The molecule has 0 aliphatic carbocycles. The lowest BCUT2D eigenvalue weighted by atomic mass is 10.0. The standard InChI is InChI=1S/C20H27NO2/c1-15(13-17-9-5-7-11-19(17)22-3)21-16(2)14-18-10-6-8-12-20(18)23-4/h5-12,15-16,21H,13-14H2,1-4H3/t15-,16+. The summed E-state index contributed by atoms with van der Waals surface area (Å²) in [5, 5.41) is 3.67. The van der Waals surface area contributed by atoms with Gasteiger partial charge in [0.05, 0.1) is 14.2 Å². The van der Waals surface area contributed by atoms with Gasteiger partial charge in [0.1, 0.15) is 11.5 Å². The molecule has 0 aliphatic heterocycles. The van der Waals surface area contributed by atoms with Crippen molar-refractivity contribution >= 4 is 0 Å². The second-order valence-electron chi connectivity index (χ2n) is 6.00. The molecule has 0 bridgehead atoms. The molecule has 0 heterocycles. The van der Waals surface area contributed by atoms with Crippen molar-refractivity contribution < 1.29 is 9.47 Å². The van der Waals surface area contributed by atoms with E-state index in [0.717, 1.165) is 24.3 Å². The van der Waals surface area contributed by atoms with Crippen molar-refractivity contribution in [2.24, 2.45) is 0 Å². The van der Waals surface area contributed by atoms with E-state index in [0.29, 0.717) is 12.1 Å². The van der Waals surface area contributed by atoms with Crippen LogP contribution in [0.5, 0.6) is 11.5 Å². The van der Waals surface area contributed by atoms with Crippen molar-refractivity contribution in [2.45, 2.75) is 38.8 Å². The summed E-state index contributed by atoms with van der Waals surface area (Å²) in [6, 6.07) is 17.2. The monoisotopic (exact) mass is 313 g/mol. The van der Waals surface area contributed by atoms with Crippen molar-refractivity contribution in [1.29, 1.82) is 0 Å². The molecular weight excluding hydrogens is 286 g/mol. The van der Waals surface area contributed by atoms with Crippen LogP contribution in [0.3, 0.4) is 0 Å². The van der Waals surface area contributed by atoms with Crippen LogP contribution in [-0.4, -0.2) is 26.3 Å². The predicted octanol–water partition coefficient (Wildman–Crippen LogP) is 3.86. The number of hydrogen-bond acceptors (Lipinski definition) is 3. The number of para-hydroxylation sites is 2. The molecule has 2 atom stereocenters. The number of methoxy groups -OCH3 is 2. The van der Waals surface area contributed by atoms with Gasteiger partial charge in [0.2, 0.25) is 0 Å². The first-order chi connectivity index (χ1) is 11.1. The maximum atomic E-state index is 5.43. The van der Waals surface area contributed by atoms with Gasteiger partial charge in [-0.25, -0.2) is 0 Å². The Morgan fingerprint density at radius 3 is 1.52 bits per heavy atom. The predicted molar refractivity (Wildman–Crippen MR) is 95.5 cm³/mol. The van der Waals surface area contributed by atoms with Gasteiger partial charge < -0.3 is 14.8 Å². The number of hydrogen-bond donors (Lipinski definition) is 1. The van der Waals surface area contributed by atoms with Crippen LogP contribution >= 0.6 is 0 Å². The van der Waals surface area contributed by atoms with E-state index in [1.165, 1.54) is 11.1 Å². The molecule has 0 fully saturated rings. The van der Waals surface area contributed by atoms with Gasteiger partial charge >= 0.3 is 0 Å². The average molecular weight is 313 g/mol. The summed E-state index contributed by atoms with van der Waals surface area (Å²) in [5.41, 5.74) is 2.47. The molecule has 0 saturated heterocycles. The number of ether oxygens (including phenoxy) is 2. The van der Waals surface area contributed by atoms with Gasteiger partial charge in [-0.2, -0.15) is 0 Å². The van der Waals surface area contributed by atoms with Gasteiger partial charge in [-0.1, -0.05) is 36.4 Å². The molecular formula is C20H27NO2. The maximum absolute atomic E-state index is 5.43. The Labute approximate surface area is 139 Å². The molecule has 124 valence electrons. The van der Waals surface area contributed by atoms with Crippen LogP contribution in [0.1, 0.15) is 25.0 Å². The summed E-state index contributed by atoms with van der Waals surface area (Å²) < 4.78 is 10.9. The lowest BCUT2D eigenvalue weighted by Gasteiger charge is -2.21. The Morgan fingerprint density at radius 1 is 0.739 bits per heavy atom. The first kappa shape index (κ1) is 17.4. The summed E-state index contributed by atoms with van der Waals surface area (Å²) in [4.78, 5) is 0. The summed E-state index contributed by atoms with van der Waals surface area (Å²) in [7, 11) is 3.45. The van der Waals surface area contributed by atoms with Gasteiger partial charge in [0.25, 0.3) is 0 Å². The highest BCUT2D eigenvalue weighted by Gasteiger charge is 2.13. The number of rotatable bonds is 8. The first-order valence-corrected chi connectivity index (χ1v) is 8.14. The molecule has 2 aromatic rings. The fourth-order valence-electron chi connectivity index (χ4n) is 3.01. The normalized spacial score (nSPS) is 13.4. The smallest absolute Gasteiger partial charge is 0.122 e. The highest BCUT2D eigenvalue weighted by molar-refractivity contribution is 5.34. The van der Waals surface area contributed by atoms with Crippen LogP contribution in [0.15, 0.2) is 48.5 Å². The summed E-state index contributed by atoms with van der Waals surface area (Å²) >= 11 is 0. The minimum absolute atomic E-state index is 0.371. The van der Waals surface area contributed by atoms with Crippen LogP contribution in [-0.2, 0) is 12.8 Å². The van der Waals surface area contributed by atoms with E-state index in [9.17, 15) is 0 Å². The molecule has 0 saturated carbocycles. The third-order valence-corrected chi connectivity index (χ3v) is 4.01. The molecule has 1 N–H and O–H groups in total. The van der Waals surface area contributed by atoms with Crippen LogP contribution in [0.4, 0.5) is 0 Å². The van der Waals surface area contributed by atoms with Crippen molar-refractivity contribution in [2.75, 3.05) is 14.2 Å². The van der Waals surface area contributed by atoms with Gasteiger partial charge in [0, 0.05) is 12.1 Å². The van der Waals surface area contributed by atoms with Gasteiger partial charge in [0.15, 0.2) is 0 Å². The Hall–Kier alpha value is -2.00. The number of nitrogens with one attached hydrogen (secondary N) is 1. The Bertz CT molecular complexity index is 559. The van der Waals surface area contributed by atoms with Crippen LogP contribution in [0.25, 0.3) is 0 Å². The lowest BCUT2D eigenvalue weighted by Crippen LogP contribution is -2.37. The van der Waals surface area contributed by atoms with Gasteiger partial charge in [-0.15, -0.1) is 0 Å². The average Bonchev–Trinajstić information content (AvgIpc) is 2.55. The molecule has 3 heteroatoms. The Morgan fingerprint density at radius 2 is 1.13 bits per heavy atom.